The Morgan fingerprint density at radius 2 is 1.54 bits per heavy atom. The highest BCUT2D eigenvalue weighted by Gasteiger charge is 2.15. The van der Waals surface area contributed by atoms with E-state index >= 15 is 0 Å². The van der Waals surface area contributed by atoms with Crippen molar-refractivity contribution in [2.75, 3.05) is 32.0 Å². The van der Waals surface area contributed by atoms with Crippen molar-refractivity contribution in [3.05, 3.63) is 42.0 Å². The van der Waals surface area contributed by atoms with Gasteiger partial charge in [-0.1, -0.05) is 13.0 Å². The summed E-state index contributed by atoms with van der Waals surface area (Å²) in [5.41, 5.74) is 1.47. The Kier molecular flexibility index (Phi) is 6.43. The zero-order valence-electron chi connectivity index (χ0n) is 15.2. The van der Waals surface area contributed by atoms with E-state index in [0.29, 0.717) is 40.6 Å². The molecule has 7 nitrogen and oxygen atoms in total. The van der Waals surface area contributed by atoms with Crippen LogP contribution >= 0.6 is 0 Å². The summed E-state index contributed by atoms with van der Waals surface area (Å²) in [6.07, 6.45) is 0.363. The van der Waals surface area contributed by atoms with Gasteiger partial charge < -0.3 is 24.8 Å². The molecule has 26 heavy (non-hydrogen) atoms. The van der Waals surface area contributed by atoms with Crippen LogP contribution in [0.25, 0.3) is 0 Å². The minimum atomic E-state index is -0.327. The van der Waals surface area contributed by atoms with Gasteiger partial charge in [0.05, 0.1) is 21.3 Å². The van der Waals surface area contributed by atoms with Gasteiger partial charge >= 0.3 is 0 Å². The third-order valence-corrected chi connectivity index (χ3v) is 3.65. The third kappa shape index (κ3) is 4.44. The number of carbonyl (C=O) groups excluding carboxylic acids is 2. The van der Waals surface area contributed by atoms with Crippen LogP contribution in [0.5, 0.6) is 17.2 Å². The predicted molar refractivity (Wildman–Crippen MR) is 99.4 cm³/mol. The first-order valence-corrected chi connectivity index (χ1v) is 8.03. The second kappa shape index (κ2) is 8.75. The Morgan fingerprint density at radius 3 is 2.08 bits per heavy atom. The molecule has 2 aromatic carbocycles. The van der Waals surface area contributed by atoms with E-state index in [0.717, 1.165) is 0 Å². The highest BCUT2D eigenvalue weighted by atomic mass is 16.5. The fourth-order valence-electron chi connectivity index (χ4n) is 2.34. The van der Waals surface area contributed by atoms with Crippen LogP contribution < -0.4 is 24.8 Å². The number of nitrogens with one attached hydrogen (secondary N) is 2. The first-order valence-electron chi connectivity index (χ1n) is 8.03. The predicted octanol–water partition coefficient (Wildman–Crippen LogP) is 3.31. The summed E-state index contributed by atoms with van der Waals surface area (Å²) in [4.78, 5) is 24.0. The van der Waals surface area contributed by atoms with Crippen LogP contribution in [0.15, 0.2) is 36.4 Å². The number of carbonyl (C=O) groups is 2. The van der Waals surface area contributed by atoms with Crippen molar-refractivity contribution in [1.29, 1.82) is 0 Å². The summed E-state index contributed by atoms with van der Waals surface area (Å²) in [5.74, 6) is 0.869. The molecule has 0 aliphatic heterocycles. The van der Waals surface area contributed by atoms with Crippen LogP contribution in [0.3, 0.4) is 0 Å². The standard InChI is InChI=1S/C19H22N2O5/c1-5-17(22)20-13-8-6-7-12(9-13)19(23)21-14-10-15(24-2)18(26-4)16(11-14)25-3/h6-11H,5H2,1-4H3,(H,20,22)(H,21,23). The Bertz CT molecular complexity index is 779. The Hall–Kier alpha value is -3.22. The van der Waals surface area contributed by atoms with Gasteiger partial charge in [0.2, 0.25) is 11.7 Å². The number of rotatable bonds is 7. The first kappa shape index (κ1) is 19.1. The summed E-state index contributed by atoms with van der Waals surface area (Å²) in [6.45, 7) is 1.76. The van der Waals surface area contributed by atoms with Crippen molar-refractivity contribution in [2.24, 2.45) is 0 Å². The molecular weight excluding hydrogens is 336 g/mol. The number of ether oxygens (including phenoxy) is 3. The molecule has 2 N–H and O–H groups in total. The van der Waals surface area contributed by atoms with Crippen molar-refractivity contribution < 1.29 is 23.8 Å². The van der Waals surface area contributed by atoms with Gasteiger partial charge in [-0.2, -0.15) is 0 Å². The van der Waals surface area contributed by atoms with Crippen molar-refractivity contribution in [1.82, 2.24) is 0 Å². The van der Waals surface area contributed by atoms with Gasteiger partial charge in [-0.25, -0.2) is 0 Å². The zero-order chi connectivity index (χ0) is 19.1. The maximum Gasteiger partial charge on any atom is 0.255 e. The van der Waals surface area contributed by atoms with Gasteiger partial charge in [0.15, 0.2) is 11.5 Å². The smallest absolute Gasteiger partial charge is 0.255 e. The Labute approximate surface area is 152 Å². The molecule has 0 spiro atoms. The van der Waals surface area contributed by atoms with Crippen LogP contribution in [0.4, 0.5) is 11.4 Å². The molecule has 0 bridgehead atoms. The molecule has 2 amide bonds. The van der Waals surface area contributed by atoms with E-state index in [1.165, 1.54) is 21.3 Å². The molecule has 7 heteroatoms. The van der Waals surface area contributed by atoms with Crippen molar-refractivity contribution in [3.63, 3.8) is 0 Å². The maximum absolute atomic E-state index is 12.5. The molecule has 0 atom stereocenters. The lowest BCUT2D eigenvalue weighted by Gasteiger charge is -2.15. The molecule has 0 aromatic heterocycles. The summed E-state index contributed by atoms with van der Waals surface area (Å²) < 4.78 is 15.8. The lowest BCUT2D eigenvalue weighted by Crippen LogP contribution is -2.14. The molecule has 138 valence electrons. The van der Waals surface area contributed by atoms with Crippen LogP contribution in [-0.2, 0) is 4.79 Å². The molecule has 0 radical (unpaired) electrons. The summed E-state index contributed by atoms with van der Waals surface area (Å²) >= 11 is 0. The summed E-state index contributed by atoms with van der Waals surface area (Å²) in [7, 11) is 4.51. The van der Waals surface area contributed by atoms with E-state index < -0.39 is 0 Å². The van der Waals surface area contributed by atoms with E-state index in [1.807, 2.05) is 0 Å². The molecule has 2 aromatic rings. The molecule has 0 heterocycles. The van der Waals surface area contributed by atoms with Gasteiger partial charge in [0.25, 0.3) is 5.91 Å². The number of anilines is 2. The van der Waals surface area contributed by atoms with Crippen LogP contribution in [-0.4, -0.2) is 33.1 Å². The van der Waals surface area contributed by atoms with E-state index in [9.17, 15) is 9.59 Å². The summed E-state index contributed by atoms with van der Waals surface area (Å²) in [5, 5.41) is 5.51. The minimum Gasteiger partial charge on any atom is -0.493 e. The number of amides is 2. The van der Waals surface area contributed by atoms with Gasteiger partial charge in [-0.05, 0) is 18.2 Å². The largest absolute Gasteiger partial charge is 0.493 e. The fourth-order valence-corrected chi connectivity index (χ4v) is 2.34. The van der Waals surface area contributed by atoms with E-state index in [2.05, 4.69) is 10.6 Å². The van der Waals surface area contributed by atoms with Crippen LogP contribution in [0.1, 0.15) is 23.7 Å². The molecule has 0 saturated heterocycles. The van der Waals surface area contributed by atoms with Crippen LogP contribution in [0, 0.1) is 0 Å². The highest BCUT2D eigenvalue weighted by Crippen LogP contribution is 2.40. The lowest BCUT2D eigenvalue weighted by molar-refractivity contribution is -0.115. The normalized spacial score (nSPS) is 10.0. The maximum atomic E-state index is 12.5. The molecule has 0 fully saturated rings. The number of benzene rings is 2. The van der Waals surface area contributed by atoms with Gasteiger partial charge in [0.1, 0.15) is 0 Å². The Morgan fingerprint density at radius 1 is 0.885 bits per heavy atom. The molecule has 0 aliphatic rings. The van der Waals surface area contributed by atoms with E-state index in [1.54, 1.807) is 43.3 Å². The molecule has 0 saturated carbocycles. The molecule has 2 rings (SSSR count). The second-order valence-corrected chi connectivity index (χ2v) is 5.35. The third-order valence-electron chi connectivity index (χ3n) is 3.65. The topological polar surface area (TPSA) is 85.9 Å². The van der Waals surface area contributed by atoms with Crippen LogP contribution in [0.2, 0.25) is 0 Å². The van der Waals surface area contributed by atoms with Crippen molar-refractivity contribution in [2.45, 2.75) is 13.3 Å². The number of hydrogen-bond acceptors (Lipinski definition) is 5. The fraction of sp³-hybridized carbons (Fsp3) is 0.263. The van der Waals surface area contributed by atoms with Gasteiger partial charge in [0, 0.05) is 35.5 Å². The second-order valence-electron chi connectivity index (χ2n) is 5.35. The quantitative estimate of drug-likeness (QED) is 0.793. The SMILES string of the molecule is CCC(=O)Nc1cccc(C(=O)Nc2cc(OC)c(OC)c(OC)c2)c1. The van der Waals surface area contributed by atoms with Gasteiger partial charge in [-0.3, -0.25) is 9.59 Å². The van der Waals surface area contributed by atoms with E-state index in [4.69, 9.17) is 14.2 Å². The first-order chi connectivity index (χ1) is 12.5. The lowest BCUT2D eigenvalue weighted by atomic mass is 10.1. The minimum absolute atomic E-state index is 0.118. The zero-order valence-corrected chi connectivity index (χ0v) is 15.2. The average Bonchev–Trinajstić information content (AvgIpc) is 2.67. The highest BCUT2D eigenvalue weighted by molar-refractivity contribution is 6.05. The number of methoxy groups -OCH3 is 3. The van der Waals surface area contributed by atoms with Crippen molar-refractivity contribution in [3.8, 4) is 17.2 Å². The molecule has 0 aliphatic carbocycles. The monoisotopic (exact) mass is 358 g/mol. The average molecular weight is 358 g/mol. The Balaban J connectivity index is 2.24. The van der Waals surface area contributed by atoms with Gasteiger partial charge in [-0.15, -0.1) is 0 Å². The van der Waals surface area contributed by atoms with Crippen molar-refractivity contribution >= 4 is 23.2 Å². The number of hydrogen-bond donors (Lipinski definition) is 2. The summed E-state index contributed by atoms with van der Waals surface area (Å²) in [6, 6.07) is 9.99. The van der Waals surface area contributed by atoms with E-state index in [-0.39, 0.29) is 11.8 Å². The molecular formula is C19H22N2O5. The molecule has 0 unspecified atom stereocenters.